The molecule has 0 saturated heterocycles. The number of rotatable bonds is 6. The van der Waals surface area contributed by atoms with Crippen molar-refractivity contribution in [3.05, 3.63) is 133 Å². The molecular formula is C43H44GeIrN2OSi-2. The van der Waals surface area contributed by atoms with Gasteiger partial charge in [-0.15, -0.1) is 18.2 Å². The van der Waals surface area contributed by atoms with Gasteiger partial charge in [0.2, 0.25) is 0 Å². The molecule has 0 amide bonds. The van der Waals surface area contributed by atoms with Gasteiger partial charge in [0.25, 0.3) is 0 Å². The fraction of sp³-hybridized carbons (Fsp3) is 0.209. The Morgan fingerprint density at radius 1 is 0.755 bits per heavy atom. The van der Waals surface area contributed by atoms with Crippen LogP contribution in [0.15, 0.2) is 120 Å². The molecule has 0 spiro atoms. The Bertz CT molecular complexity index is 2210. The molecule has 6 heteroatoms. The van der Waals surface area contributed by atoms with Crippen LogP contribution < -0.4 is 9.58 Å². The molecule has 4 aromatic carbocycles. The Morgan fingerprint density at radius 3 is 2.14 bits per heavy atom. The second-order valence-corrected chi connectivity index (χ2v) is 30.4. The summed E-state index contributed by atoms with van der Waals surface area (Å²) in [5, 5.41) is 3.60. The second-order valence-electron chi connectivity index (χ2n) is 14.6. The van der Waals surface area contributed by atoms with Crippen molar-refractivity contribution in [1.29, 1.82) is 0 Å². The van der Waals surface area contributed by atoms with E-state index in [-0.39, 0.29) is 20.1 Å². The van der Waals surface area contributed by atoms with Gasteiger partial charge in [-0.3, -0.25) is 0 Å². The molecule has 0 aliphatic heterocycles. The summed E-state index contributed by atoms with van der Waals surface area (Å²) in [6.07, 6.45) is 3.80. The average molecular weight is 899 g/mol. The molecule has 3 heterocycles. The van der Waals surface area contributed by atoms with Gasteiger partial charge in [-0.2, -0.15) is 0 Å². The smallest absolute Gasteiger partial charge is 0 e. The number of furan rings is 1. The first kappa shape index (κ1) is 35.2. The fourth-order valence-electron chi connectivity index (χ4n) is 5.70. The predicted octanol–water partition coefficient (Wildman–Crippen LogP) is 10.9. The van der Waals surface area contributed by atoms with E-state index >= 15 is 0 Å². The first-order valence-electron chi connectivity index (χ1n) is 17.1. The van der Waals surface area contributed by atoms with E-state index in [0.29, 0.717) is 0 Å². The first-order chi connectivity index (χ1) is 23.2. The van der Waals surface area contributed by atoms with E-state index in [4.69, 9.17) is 5.79 Å². The molecule has 251 valence electrons. The quantitative estimate of drug-likeness (QED) is 0.123. The second kappa shape index (κ2) is 15.1. The monoisotopic (exact) mass is 900 g/mol. The molecule has 1 radical (unpaired) electrons. The van der Waals surface area contributed by atoms with Crippen molar-refractivity contribution < 1.29 is 25.9 Å². The molecule has 0 aliphatic rings. The Balaban J connectivity index is 0.000000241. The van der Waals surface area contributed by atoms with Gasteiger partial charge in [-0.05, 0) is 34.8 Å². The maximum absolute atomic E-state index is 8.38. The maximum atomic E-state index is 8.38. The van der Waals surface area contributed by atoms with Crippen LogP contribution in [0.3, 0.4) is 0 Å². The van der Waals surface area contributed by atoms with E-state index in [9.17, 15) is 0 Å². The number of hydrogen-bond acceptors (Lipinski definition) is 3. The minimum atomic E-state index is -1.72. The van der Waals surface area contributed by atoms with Gasteiger partial charge in [0.1, 0.15) is 5.58 Å². The number of benzene rings is 4. The topological polar surface area (TPSA) is 38.9 Å². The molecule has 0 atom stereocenters. The molecule has 0 unspecified atom stereocenters. The number of hydrogen-bond donors (Lipinski definition) is 0. The van der Waals surface area contributed by atoms with Crippen LogP contribution in [0.5, 0.6) is 0 Å². The van der Waals surface area contributed by atoms with Crippen molar-refractivity contribution >= 4 is 52.9 Å². The number of fused-ring (bicyclic) bond motifs is 3. The maximum Gasteiger partial charge on any atom is 0 e. The molecule has 0 N–H and O–H groups in total. The van der Waals surface area contributed by atoms with Crippen LogP contribution in [0.1, 0.15) is 26.7 Å². The van der Waals surface area contributed by atoms with Crippen LogP contribution in [0.2, 0.25) is 36.9 Å². The van der Waals surface area contributed by atoms with Crippen LogP contribution in [0.4, 0.5) is 0 Å². The molecule has 3 nitrogen and oxygen atoms in total. The van der Waals surface area contributed by atoms with Crippen molar-refractivity contribution in [1.82, 2.24) is 9.97 Å². The largest absolute Gasteiger partial charge is 0 e. The van der Waals surface area contributed by atoms with Gasteiger partial charge in [-0.25, -0.2) is 0 Å². The Kier molecular flexibility index (Phi) is 10.9. The zero-order valence-electron chi connectivity index (χ0n) is 30.6. The summed E-state index contributed by atoms with van der Waals surface area (Å²) < 4.78 is 16.2. The van der Waals surface area contributed by atoms with Crippen LogP contribution in [0, 0.1) is 12.1 Å². The fourth-order valence-corrected chi connectivity index (χ4v) is 9.04. The van der Waals surface area contributed by atoms with Gasteiger partial charge in [0, 0.05) is 33.1 Å². The van der Waals surface area contributed by atoms with Gasteiger partial charge >= 0.3 is 99.8 Å². The van der Waals surface area contributed by atoms with E-state index < -0.39 is 27.2 Å². The minimum Gasteiger partial charge on any atom is 0 e. The summed E-state index contributed by atoms with van der Waals surface area (Å²) in [5.41, 5.74) is 8.57. The normalized spacial score (nSPS) is 12.2. The van der Waals surface area contributed by atoms with Gasteiger partial charge < -0.3 is 9.40 Å². The van der Waals surface area contributed by atoms with E-state index in [1.165, 1.54) is 15.1 Å². The molecule has 7 aromatic rings. The molecule has 0 aliphatic carbocycles. The van der Waals surface area contributed by atoms with E-state index in [1.54, 1.807) is 6.20 Å². The summed E-state index contributed by atoms with van der Waals surface area (Å²) in [5.74, 6) is 6.45. The van der Waals surface area contributed by atoms with E-state index in [2.05, 4.69) is 114 Å². The Morgan fingerprint density at radius 2 is 1.51 bits per heavy atom. The third-order valence-electron chi connectivity index (χ3n) is 8.73. The standard InChI is InChI=1S/C29H28NOSi.C14H16GeN.Ir/c1-19(2)21-15-16-30-27(17-21)26-8-6-7-25-24-14-11-22(18-28(24)31-29(25)26)20-9-12-23(13-10-20)32(3,4)5;1-15(2,3)13-9-10-14(16-11-13)12-7-5-4-6-8-12;/h6-7,9-19H,1-5H3;4-7,9-11H,1-3H3;/q2*-1;/i19D;;. The van der Waals surface area contributed by atoms with Gasteiger partial charge in [0.15, 0.2) is 0 Å². The first-order valence-corrected chi connectivity index (χ1v) is 27.4. The molecule has 0 fully saturated rings. The van der Waals surface area contributed by atoms with Crippen LogP contribution in [-0.4, -0.2) is 31.3 Å². The number of nitrogens with zero attached hydrogens (tertiary/aromatic N) is 2. The molecule has 7 rings (SSSR count). The molecular weight excluding hydrogens is 853 g/mol. The summed E-state index contributed by atoms with van der Waals surface area (Å²) in [7, 11) is -1.32. The van der Waals surface area contributed by atoms with Crippen LogP contribution >= 0.6 is 0 Å². The summed E-state index contributed by atoms with van der Waals surface area (Å²) >= 11 is -1.72. The Labute approximate surface area is 310 Å². The Hall–Kier alpha value is -3.61. The molecule has 49 heavy (non-hydrogen) atoms. The predicted molar refractivity (Wildman–Crippen MR) is 210 cm³/mol. The average Bonchev–Trinajstić information content (AvgIpc) is 3.46. The zero-order valence-corrected chi connectivity index (χ0v) is 35.1. The SMILES string of the molecule is [2H]C(C)(C)c1ccnc(-c2[c-]ccc3c2oc2cc(-c4ccc([Si](C)(C)C)cc4)ccc23)c1.[CH3][Ge]([CH3])([CH3])[c]1ccc(-c2[c-]cccc2)nc1.[Ir]. The van der Waals surface area contributed by atoms with Crippen molar-refractivity contribution in [3.8, 4) is 33.6 Å². The van der Waals surface area contributed by atoms with Crippen molar-refractivity contribution in [3.63, 3.8) is 0 Å². The molecule has 0 bridgehead atoms. The zero-order chi connectivity index (χ0) is 35.0. The van der Waals surface area contributed by atoms with Crippen LogP contribution in [0.25, 0.3) is 55.6 Å². The van der Waals surface area contributed by atoms with Crippen LogP contribution in [-0.2, 0) is 20.1 Å². The minimum absolute atomic E-state index is 0. The van der Waals surface area contributed by atoms with E-state index in [1.807, 2.05) is 68.6 Å². The molecule has 0 saturated carbocycles. The van der Waals surface area contributed by atoms with Gasteiger partial charge in [0.05, 0.1) is 13.7 Å². The van der Waals surface area contributed by atoms with Crippen molar-refractivity contribution in [2.45, 2.75) is 56.7 Å². The van der Waals surface area contributed by atoms with Crippen molar-refractivity contribution in [2.75, 3.05) is 0 Å². The van der Waals surface area contributed by atoms with E-state index in [0.717, 1.165) is 55.6 Å². The number of aromatic nitrogens is 2. The summed E-state index contributed by atoms with van der Waals surface area (Å²) in [6, 6.07) is 42.0. The summed E-state index contributed by atoms with van der Waals surface area (Å²) in [4.78, 5) is 9.10. The molecule has 3 aromatic heterocycles. The number of pyridine rings is 2. The third-order valence-corrected chi connectivity index (χ3v) is 15.0. The summed E-state index contributed by atoms with van der Waals surface area (Å²) in [6.45, 7) is 10.9. The van der Waals surface area contributed by atoms with Gasteiger partial charge in [-0.1, -0.05) is 97.7 Å². The third kappa shape index (κ3) is 8.41. The van der Waals surface area contributed by atoms with Crippen molar-refractivity contribution in [2.24, 2.45) is 0 Å².